The highest BCUT2D eigenvalue weighted by Gasteiger charge is 2.07. The Kier molecular flexibility index (Phi) is 4.30. The first-order valence-corrected chi connectivity index (χ1v) is 6.24. The molecule has 20 heavy (non-hydrogen) atoms. The van der Waals surface area contributed by atoms with E-state index in [4.69, 9.17) is 4.74 Å². The van der Waals surface area contributed by atoms with Crippen LogP contribution < -0.4 is 10.1 Å². The average molecular weight is 274 g/mol. The third-order valence-electron chi connectivity index (χ3n) is 2.46. The number of carbonyl (C=O) groups excluding carboxylic acids is 1. The van der Waals surface area contributed by atoms with Crippen molar-refractivity contribution in [3.63, 3.8) is 0 Å². The van der Waals surface area contributed by atoms with Crippen LogP contribution in [0.3, 0.4) is 0 Å². The molecule has 1 amide bonds. The second-order valence-electron chi connectivity index (χ2n) is 4.51. The van der Waals surface area contributed by atoms with Crippen molar-refractivity contribution in [1.29, 1.82) is 0 Å². The Bertz CT molecular complexity index is 580. The fourth-order valence-corrected chi connectivity index (χ4v) is 1.60. The van der Waals surface area contributed by atoms with Gasteiger partial charge in [-0.3, -0.25) is 4.79 Å². The van der Waals surface area contributed by atoms with Crippen LogP contribution in [0.4, 0.5) is 10.2 Å². The molecule has 0 aliphatic carbocycles. The molecule has 0 aliphatic heterocycles. The number of ether oxygens (including phenoxy) is 1. The van der Waals surface area contributed by atoms with E-state index in [9.17, 15) is 9.18 Å². The zero-order chi connectivity index (χ0) is 14.5. The zero-order valence-electron chi connectivity index (χ0n) is 11.3. The molecule has 0 atom stereocenters. The first kappa shape index (κ1) is 14.0. The number of nitrogens with zero attached hydrogens (tertiary/aromatic N) is 1. The first-order chi connectivity index (χ1) is 9.54. The normalized spacial score (nSPS) is 10.4. The lowest BCUT2D eigenvalue weighted by Gasteiger charge is -2.10. The number of aromatic nitrogens is 1. The summed E-state index contributed by atoms with van der Waals surface area (Å²) < 4.78 is 18.2. The third-order valence-corrected chi connectivity index (χ3v) is 2.46. The van der Waals surface area contributed by atoms with Crippen LogP contribution in [-0.4, -0.2) is 17.0 Å². The van der Waals surface area contributed by atoms with E-state index in [0.29, 0.717) is 17.1 Å². The number of carbonyl (C=O) groups is 1. The van der Waals surface area contributed by atoms with Crippen molar-refractivity contribution in [3.8, 4) is 5.75 Å². The number of amides is 1. The van der Waals surface area contributed by atoms with Crippen molar-refractivity contribution in [1.82, 2.24) is 4.98 Å². The lowest BCUT2D eigenvalue weighted by molar-refractivity contribution is 0.102. The van der Waals surface area contributed by atoms with E-state index in [1.54, 1.807) is 24.3 Å². The van der Waals surface area contributed by atoms with Crippen molar-refractivity contribution in [2.45, 2.75) is 20.0 Å². The largest absolute Gasteiger partial charge is 0.491 e. The monoisotopic (exact) mass is 274 g/mol. The maximum Gasteiger partial charge on any atom is 0.256 e. The fraction of sp³-hybridized carbons (Fsp3) is 0.200. The average Bonchev–Trinajstić information content (AvgIpc) is 2.41. The molecule has 5 heteroatoms. The second kappa shape index (κ2) is 6.14. The molecule has 0 saturated heterocycles. The van der Waals surface area contributed by atoms with Gasteiger partial charge in [0.05, 0.1) is 12.3 Å². The van der Waals surface area contributed by atoms with Crippen LogP contribution in [-0.2, 0) is 0 Å². The van der Waals surface area contributed by atoms with Gasteiger partial charge in [-0.1, -0.05) is 0 Å². The number of hydrogen-bond donors (Lipinski definition) is 1. The van der Waals surface area contributed by atoms with Crippen LogP contribution >= 0.6 is 0 Å². The van der Waals surface area contributed by atoms with E-state index < -0.39 is 5.82 Å². The number of nitrogens with one attached hydrogen (secondary N) is 1. The van der Waals surface area contributed by atoms with Crippen molar-refractivity contribution >= 4 is 11.7 Å². The summed E-state index contributed by atoms with van der Waals surface area (Å²) in [7, 11) is 0. The van der Waals surface area contributed by atoms with Gasteiger partial charge in [-0.05, 0) is 50.2 Å². The van der Waals surface area contributed by atoms with Gasteiger partial charge in [0.2, 0.25) is 0 Å². The fourth-order valence-electron chi connectivity index (χ4n) is 1.60. The molecule has 0 spiro atoms. The van der Waals surface area contributed by atoms with E-state index in [2.05, 4.69) is 10.3 Å². The molecule has 2 aromatic rings. The maximum absolute atomic E-state index is 12.7. The van der Waals surface area contributed by atoms with E-state index in [1.807, 2.05) is 13.8 Å². The Morgan fingerprint density at radius 2 is 1.90 bits per heavy atom. The molecule has 1 aromatic carbocycles. The summed E-state index contributed by atoms with van der Waals surface area (Å²) in [6, 6.07) is 9.43. The Morgan fingerprint density at radius 3 is 2.45 bits per heavy atom. The standard InChI is InChI=1S/C15H15FN2O2/c1-10(2)20-13-6-3-11(4-7-13)15(19)18-14-8-5-12(16)9-17-14/h3-10H,1-2H3,(H,17,18,19). The molecule has 4 nitrogen and oxygen atoms in total. The van der Waals surface area contributed by atoms with Gasteiger partial charge in [-0.25, -0.2) is 9.37 Å². The number of hydrogen-bond acceptors (Lipinski definition) is 3. The molecule has 0 unspecified atom stereocenters. The van der Waals surface area contributed by atoms with Crippen molar-refractivity contribution < 1.29 is 13.9 Å². The van der Waals surface area contributed by atoms with Gasteiger partial charge in [0, 0.05) is 5.56 Å². The van der Waals surface area contributed by atoms with E-state index in [-0.39, 0.29) is 12.0 Å². The highest BCUT2D eigenvalue weighted by Crippen LogP contribution is 2.15. The molecular weight excluding hydrogens is 259 g/mol. The van der Waals surface area contributed by atoms with Crippen LogP contribution in [0.2, 0.25) is 0 Å². The molecule has 1 heterocycles. The quantitative estimate of drug-likeness (QED) is 0.931. The summed E-state index contributed by atoms with van der Waals surface area (Å²) in [5.41, 5.74) is 0.479. The number of halogens is 1. The van der Waals surface area contributed by atoms with Crippen LogP contribution in [0.15, 0.2) is 42.6 Å². The topological polar surface area (TPSA) is 51.2 Å². The third kappa shape index (κ3) is 3.78. The summed E-state index contributed by atoms with van der Waals surface area (Å²) in [5.74, 6) is 0.258. The summed E-state index contributed by atoms with van der Waals surface area (Å²) in [4.78, 5) is 15.7. The highest BCUT2D eigenvalue weighted by atomic mass is 19.1. The van der Waals surface area contributed by atoms with Gasteiger partial charge in [-0.15, -0.1) is 0 Å². The van der Waals surface area contributed by atoms with Crippen molar-refractivity contribution in [3.05, 3.63) is 54.0 Å². The Morgan fingerprint density at radius 1 is 1.20 bits per heavy atom. The first-order valence-electron chi connectivity index (χ1n) is 6.24. The minimum absolute atomic E-state index is 0.0816. The van der Waals surface area contributed by atoms with E-state index in [1.165, 1.54) is 12.1 Å². The maximum atomic E-state index is 12.7. The van der Waals surface area contributed by atoms with Crippen LogP contribution in [0, 0.1) is 5.82 Å². The van der Waals surface area contributed by atoms with E-state index in [0.717, 1.165) is 6.20 Å². The molecule has 0 fully saturated rings. The summed E-state index contributed by atoms with van der Waals surface area (Å²) in [6.07, 6.45) is 1.13. The number of benzene rings is 1. The van der Waals surface area contributed by atoms with Gasteiger partial charge in [0.25, 0.3) is 5.91 Å². The molecule has 2 rings (SSSR count). The molecule has 0 saturated carbocycles. The lowest BCUT2D eigenvalue weighted by atomic mass is 10.2. The highest BCUT2D eigenvalue weighted by molar-refractivity contribution is 6.03. The van der Waals surface area contributed by atoms with E-state index >= 15 is 0 Å². The summed E-state index contributed by atoms with van der Waals surface area (Å²) in [6.45, 7) is 3.86. The summed E-state index contributed by atoms with van der Waals surface area (Å²) in [5, 5.41) is 2.59. The molecule has 0 bridgehead atoms. The minimum Gasteiger partial charge on any atom is -0.491 e. The van der Waals surface area contributed by atoms with Gasteiger partial charge in [-0.2, -0.15) is 0 Å². The number of rotatable bonds is 4. The molecule has 104 valence electrons. The molecule has 1 N–H and O–H groups in total. The van der Waals surface area contributed by atoms with Crippen LogP contribution in [0.25, 0.3) is 0 Å². The zero-order valence-corrected chi connectivity index (χ0v) is 11.3. The van der Waals surface area contributed by atoms with Crippen molar-refractivity contribution in [2.24, 2.45) is 0 Å². The Balaban J connectivity index is 2.03. The van der Waals surface area contributed by atoms with Gasteiger partial charge < -0.3 is 10.1 Å². The molecule has 1 aromatic heterocycles. The molecule has 0 radical (unpaired) electrons. The molecule has 0 aliphatic rings. The predicted molar refractivity (Wildman–Crippen MR) is 74.4 cm³/mol. The second-order valence-corrected chi connectivity index (χ2v) is 4.51. The van der Waals surface area contributed by atoms with Gasteiger partial charge in [0.15, 0.2) is 0 Å². The Hall–Kier alpha value is -2.43. The smallest absolute Gasteiger partial charge is 0.256 e. The van der Waals surface area contributed by atoms with Gasteiger partial charge >= 0.3 is 0 Å². The number of anilines is 1. The van der Waals surface area contributed by atoms with Crippen LogP contribution in [0.1, 0.15) is 24.2 Å². The summed E-state index contributed by atoms with van der Waals surface area (Å²) >= 11 is 0. The number of pyridine rings is 1. The molecular formula is C15H15FN2O2. The minimum atomic E-state index is -0.446. The van der Waals surface area contributed by atoms with Gasteiger partial charge in [0.1, 0.15) is 17.4 Å². The lowest BCUT2D eigenvalue weighted by Crippen LogP contribution is -2.13. The van der Waals surface area contributed by atoms with Crippen molar-refractivity contribution in [2.75, 3.05) is 5.32 Å². The Labute approximate surface area is 116 Å². The predicted octanol–water partition coefficient (Wildman–Crippen LogP) is 3.26. The van der Waals surface area contributed by atoms with Crippen LogP contribution in [0.5, 0.6) is 5.75 Å². The SMILES string of the molecule is CC(C)Oc1ccc(C(=O)Nc2ccc(F)cn2)cc1.